The van der Waals surface area contributed by atoms with Crippen molar-refractivity contribution >= 4 is 23.1 Å². The van der Waals surface area contributed by atoms with Gasteiger partial charge in [-0.2, -0.15) is 8.78 Å². The molecule has 1 aromatic carbocycles. The van der Waals surface area contributed by atoms with Gasteiger partial charge in [-0.3, -0.25) is 4.90 Å². The molecule has 3 rings (SSSR count). The Hall–Kier alpha value is -3.50. The number of nitrogens with zero attached hydrogens (tertiary/aromatic N) is 3. The standard InChI is InChI=1S/C25H31F2N3O6/c1-8-15-18(13-30(19(15)22(31)34-7)23(32)36-24(3,4)5)35-21-20(25(26,27)9-2)28-16-11-10-14(33-6)12-17(16)29-21/h9-12,15,18-19H,2,8,13H2,1,3-7H3/t15-,18+,19+/m1/s1. The van der Waals surface area contributed by atoms with Crippen LogP contribution in [-0.2, 0) is 20.2 Å². The zero-order valence-corrected chi connectivity index (χ0v) is 21.2. The number of methoxy groups -OCH3 is 2. The van der Waals surface area contributed by atoms with Crippen LogP contribution in [-0.4, -0.2) is 65.4 Å². The van der Waals surface area contributed by atoms with E-state index in [1.807, 2.05) is 0 Å². The lowest BCUT2D eigenvalue weighted by Crippen LogP contribution is -2.46. The average molecular weight is 508 g/mol. The lowest BCUT2D eigenvalue weighted by Gasteiger charge is -2.28. The van der Waals surface area contributed by atoms with Gasteiger partial charge < -0.3 is 18.9 Å². The fourth-order valence-corrected chi connectivity index (χ4v) is 4.10. The van der Waals surface area contributed by atoms with Crippen LogP contribution in [0.3, 0.4) is 0 Å². The van der Waals surface area contributed by atoms with Gasteiger partial charge >= 0.3 is 18.0 Å². The van der Waals surface area contributed by atoms with Crippen LogP contribution in [0, 0.1) is 5.92 Å². The molecule has 3 atom stereocenters. The first-order valence-electron chi connectivity index (χ1n) is 11.5. The Balaban J connectivity index is 2.07. The summed E-state index contributed by atoms with van der Waals surface area (Å²) < 4.78 is 51.3. The fourth-order valence-electron chi connectivity index (χ4n) is 4.10. The SMILES string of the molecule is C=CC(F)(F)c1nc2ccc(OC)cc2nc1O[C@H]1CN(C(=O)OC(C)(C)C)[C@H](C(=O)OC)[C@@H]1CC. The first-order chi connectivity index (χ1) is 16.8. The maximum atomic E-state index is 14.8. The largest absolute Gasteiger partial charge is 0.497 e. The Kier molecular flexibility index (Phi) is 7.70. The number of carbonyl (C=O) groups excluding carboxylic acids is 2. The van der Waals surface area contributed by atoms with Crippen molar-refractivity contribution in [2.24, 2.45) is 5.92 Å². The molecule has 2 heterocycles. The summed E-state index contributed by atoms with van der Waals surface area (Å²) in [6, 6.07) is 3.60. The summed E-state index contributed by atoms with van der Waals surface area (Å²) in [6.45, 7) is 9.99. The number of halogens is 2. The second kappa shape index (κ2) is 10.2. The van der Waals surface area contributed by atoms with Crippen LogP contribution in [0.1, 0.15) is 39.8 Å². The van der Waals surface area contributed by atoms with Crippen molar-refractivity contribution in [2.45, 2.75) is 57.8 Å². The van der Waals surface area contributed by atoms with E-state index in [1.165, 1.54) is 25.2 Å². The summed E-state index contributed by atoms with van der Waals surface area (Å²) in [5.41, 5.74) is -1.07. The molecule has 36 heavy (non-hydrogen) atoms. The molecular weight excluding hydrogens is 476 g/mol. The molecule has 1 aliphatic rings. The van der Waals surface area contributed by atoms with Crippen LogP contribution in [0.25, 0.3) is 11.0 Å². The van der Waals surface area contributed by atoms with Crippen molar-refractivity contribution in [1.82, 2.24) is 14.9 Å². The van der Waals surface area contributed by atoms with Crippen LogP contribution < -0.4 is 9.47 Å². The maximum Gasteiger partial charge on any atom is 0.411 e. The smallest absolute Gasteiger partial charge is 0.411 e. The number of aromatic nitrogens is 2. The molecule has 0 spiro atoms. The van der Waals surface area contributed by atoms with Gasteiger partial charge in [-0.15, -0.1) is 0 Å². The first-order valence-corrected chi connectivity index (χ1v) is 11.5. The van der Waals surface area contributed by atoms with Crippen molar-refractivity contribution in [1.29, 1.82) is 0 Å². The van der Waals surface area contributed by atoms with E-state index < -0.39 is 53.2 Å². The maximum absolute atomic E-state index is 14.8. The number of fused-ring (bicyclic) bond motifs is 1. The van der Waals surface area contributed by atoms with E-state index in [2.05, 4.69) is 16.5 Å². The number of benzene rings is 1. The number of allylic oxidation sites excluding steroid dienone is 1. The number of amides is 1. The third-order valence-electron chi connectivity index (χ3n) is 5.81. The van der Waals surface area contributed by atoms with E-state index in [9.17, 15) is 18.4 Å². The van der Waals surface area contributed by atoms with Crippen molar-refractivity contribution in [3.05, 3.63) is 36.5 Å². The molecule has 11 heteroatoms. The molecule has 2 aromatic rings. The van der Waals surface area contributed by atoms with Crippen molar-refractivity contribution in [2.75, 3.05) is 20.8 Å². The number of hydrogen-bond donors (Lipinski definition) is 0. The molecule has 1 amide bonds. The van der Waals surface area contributed by atoms with Gasteiger partial charge in [0.15, 0.2) is 5.69 Å². The molecular formula is C25H31F2N3O6. The summed E-state index contributed by atoms with van der Waals surface area (Å²) in [7, 11) is 2.68. The minimum absolute atomic E-state index is 0.107. The van der Waals surface area contributed by atoms with E-state index in [-0.39, 0.29) is 17.6 Å². The molecule has 0 saturated carbocycles. The molecule has 196 valence electrons. The molecule has 0 radical (unpaired) electrons. The second-order valence-corrected chi connectivity index (χ2v) is 9.39. The highest BCUT2D eigenvalue weighted by atomic mass is 19.3. The van der Waals surface area contributed by atoms with Crippen molar-refractivity contribution < 1.29 is 37.3 Å². The summed E-state index contributed by atoms with van der Waals surface area (Å²) in [5, 5.41) is 0. The van der Waals surface area contributed by atoms with Gasteiger partial charge in [0.05, 0.1) is 31.8 Å². The molecule has 0 unspecified atom stereocenters. The third kappa shape index (κ3) is 5.50. The van der Waals surface area contributed by atoms with E-state index in [0.29, 0.717) is 18.2 Å². The Morgan fingerprint density at radius 3 is 2.44 bits per heavy atom. The van der Waals surface area contributed by atoms with E-state index in [1.54, 1.807) is 39.8 Å². The lowest BCUT2D eigenvalue weighted by atomic mass is 9.95. The zero-order valence-electron chi connectivity index (χ0n) is 21.2. The van der Waals surface area contributed by atoms with Gasteiger partial charge in [0.25, 0.3) is 0 Å². The van der Waals surface area contributed by atoms with Gasteiger partial charge in [-0.25, -0.2) is 19.6 Å². The predicted octanol–water partition coefficient (Wildman–Crippen LogP) is 4.48. The van der Waals surface area contributed by atoms with Crippen LogP contribution in [0.5, 0.6) is 11.6 Å². The topological polar surface area (TPSA) is 100 Å². The Morgan fingerprint density at radius 2 is 1.89 bits per heavy atom. The highest BCUT2D eigenvalue weighted by Crippen LogP contribution is 2.38. The van der Waals surface area contributed by atoms with E-state index >= 15 is 0 Å². The molecule has 1 aromatic heterocycles. The summed E-state index contributed by atoms with van der Waals surface area (Å²) >= 11 is 0. The van der Waals surface area contributed by atoms with Crippen LogP contribution in [0.2, 0.25) is 0 Å². The van der Waals surface area contributed by atoms with Crippen molar-refractivity contribution in [3.8, 4) is 11.6 Å². The van der Waals surface area contributed by atoms with Gasteiger partial charge in [-0.05, 0) is 45.4 Å². The van der Waals surface area contributed by atoms with Gasteiger partial charge in [0.2, 0.25) is 5.88 Å². The normalized spacial score (nSPS) is 20.2. The fraction of sp³-hybridized carbons (Fsp3) is 0.520. The quantitative estimate of drug-likeness (QED) is 0.400. The third-order valence-corrected chi connectivity index (χ3v) is 5.81. The Bertz CT molecular complexity index is 1150. The van der Waals surface area contributed by atoms with Crippen molar-refractivity contribution in [3.63, 3.8) is 0 Å². The number of alkyl halides is 2. The number of hydrogen-bond acceptors (Lipinski definition) is 8. The summed E-state index contributed by atoms with van der Waals surface area (Å²) in [6.07, 6.45) is -0.780. The van der Waals surface area contributed by atoms with Gasteiger partial charge in [0, 0.05) is 12.0 Å². The Labute approximate surface area is 208 Å². The number of esters is 1. The zero-order chi connectivity index (χ0) is 26.8. The number of carbonyl (C=O) groups is 2. The second-order valence-electron chi connectivity index (χ2n) is 9.39. The molecule has 9 nitrogen and oxygen atoms in total. The highest BCUT2D eigenvalue weighted by Gasteiger charge is 2.51. The van der Waals surface area contributed by atoms with E-state index in [4.69, 9.17) is 18.9 Å². The number of rotatable bonds is 7. The molecule has 0 bridgehead atoms. The van der Waals surface area contributed by atoms with Gasteiger partial charge in [-0.1, -0.05) is 13.5 Å². The van der Waals surface area contributed by atoms with Crippen LogP contribution in [0.15, 0.2) is 30.9 Å². The molecule has 0 aliphatic carbocycles. The molecule has 1 aliphatic heterocycles. The monoisotopic (exact) mass is 507 g/mol. The number of ether oxygens (including phenoxy) is 4. The van der Waals surface area contributed by atoms with Crippen LogP contribution >= 0.6 is 0 Å². The molecule has 0 N–H and O–H groups in total. The molecule has 1 fully saturated rings. The van der Waals surface area contributed by atoms with Crippen LogP contribution in [0.4, 0.5) is 13.6 Å². The minimum Gasteiger partial charge on any atom is -0.497 e. The lowest BCUT2D eigenvalue weighted by molar-refractivity contribution is -0.147. The first kappa shape index (κ1) is 27.1. The number of likely N-dealkylation sites (tertiary alicyclic amines) is 1. The summed E-state index contributed by atoms with van der Waals surface area (Å²) in [4.78, 5) is 35.2. The summed E-state index contributed by atoms with van der Waals surface area (Å²) in [5.74, 6) is -4.77. The van der Waals surface area contributed by atoms with E-state index in [0.717, 1.165) is 0 Å². The average Bonchev–Trinajstić information content (AvgIpc) is 3.19. The molecule has 1 saturated heterocycles. The van der Waals surface area contributed by atoms with Gasteiger partial charge in [0.1, 0.15) is 23.5 Å². The minimum atomic E-state index is -3.55. The highest BCUT2D eigenvalue weighted by molar-refractivity contribution is 5.83. The predicted molar refractivity (Wildman–Crippen MR) is 127 cm³/mol. The Morgan fingerprint density at radius 1 is 1.19 bits per heavy atom.